The summed E-state index contributed by atoms with van der Waals surface area (Å²) < 4.78 is 10.0. The number of nitro groups is 1. The van der Waals surface area contributed by atoms with Gasteiger partial charge in [-0.05, 0) is 23.8 Å². The number of hydrogen-bond acceptors (Lipinski definition) is 6. The van der Waals surface area contributed by atoms with Crippen LogP contribution in [0.4, 0.5) is 5.69 Å². The maximum Gasteiger partial charge on any atom is 0.337 e. The Labute approximate surface area is 120 Å². The Hall–Kier alpha value is -2.96. The molecule has 0 bridgehead atoms. The van der Waals surface area contributed by atoms with Crippen molar-refractivity contribution in [2.45, 2.75) is 6.61 Å². The van der Waals surface area contributed by atoms with Gasteiger partial charge in [-0.1, -0.05) is 0 Å². The van der Waals surface area contributed by atoms with Gasteiger partial charge in [-0.2, -0.15) is 0 Å². The molecule has 2 rings (SSSR count). The maximum atomic E-state index is 11.5. The number of rotatable bonds is 5. The summed E-state index contributed by atoms with van der Waals surface area (Å²) in [5.74, 6) is -0.571. The summed E-state index contributed by atoms with van der Waals surface area (Å²) in [5.41, 5.74) is 0.785. The third-order valence-electron chi connectivity index (χ3n) is 2.72. The second kappa shape index (κ2) is 6.47. The van der Waals surface area contributed by atoms with Crippen LogP contribution < -0.4 is 4.74 Å². The minimum Gasteiger partial charge on any atom is -0.482 e. The lowest BCUT2D eigenvalue weighted by Crippen LogP contribution is -2.04. The van der Waals surface area contributed by atoms with Crippen LogP contribution in [-0.2, 0) is 11.3 Å². The Morgan fingerprint density at radius 1 is 1.29 bits per heavy atom. The van der Waals surface area contributed by atoms with Gasteiger partial charge in [0.2, 0.25) is 0 Å². The minimum absolute atomic E-state index is 0.0136. The zero-order valence-electron chi connectivity index (χ0n) is 11.2. The molecule has 0 saturated heterocycles. The van der Waals surface area contributed by atoms with Gasteiger partial charge in [-0.25, -0.2) is 4.79 Å². The molecule has 0 spiro atoms. The number of benzene rings is 1. The van der Waals surface area contributed by atoms with E-state index < -0.39 is 10.9 Å². The van der Waals surface area contributed by atoms with Gasteiger partial charge in [0.25, 0.3) is 0 Å². The van der Waals surface area contributed by atoms with Crippen molar-refractivity contribution < 1.29 is 19.2 Å². The molecule has 0 aliphatic rings. The molecule has 1 heterocycles. The second-order valence-corrected chi connectivity index (χ2v) is 4.08. The molecular formula is C14H12N2O5. The van der Waals surface area contributed by atoms with E-state index in [2.05, 4.69) is 9.72 Å². The summed E-state index contributed by atoms with van der Waals surface area (Å²) in [5, 5.41) is 11.0. The topological polar surface area (TPSA) is 91.6 Å². The molecule has 0 fully saturated rings. The van der Waals surface area contributed by atoms with E-state index in [0.717, 1.165) is 5.56 Å². The molecule has 2 aromatic rings. The molecule has 0 saturated carbocycles. The van der Waals surface area contributed by atoms with Crippen molar-refractivity contribution in [1.82, 2.24) is 4.98 Å². The van der Waals surface area contributed by atoms with Gasteiger partial charge in [0.1, 0.15) is 6.61 Å². The van der Waals surface area contributed by atoms with E-state index in [1.807, 2.05) is 0 Å². The smallest absolute Gasteiger partial charge is 0.337 e. The quantitative estimate of drug-likeness (QED) is 0.476. The summed E-state index contributed by atoms with van der Waals surface area (Å²) in [6, 6.07) is 7.30. The van der Waals surface area contributed by atoms with Gasteiger partial charge in [0, 0.05) is 24.5 Å². The highest BCUT2D eigenvalue weighted by molar-refractivity contribution is 5.90. The fourth-order valence-corrected chi connectivity index (χ4v) is 1.67. The van der Waals surface area contributed by atoms with Crippen LogP contribution in [0.2, 0.25) is 0 Å². The number of methoxy groups -OCH3 is 1. The molecule has 1 aromatic heterocycles. The van der Waals surface area contributed by atoms with Crippen LogP contribution in [0.25, 0.3) is 0 Å². The van der Waals surface area contributed by atoms with Crippen molar-refractivity contribution in [1.29, 1.82) is 0 Å². The van der Waals surface area contributed by atoms with Crippen LogP contribution in [0.3, 0.4) is 0 Å². The van der Waals surface area contributed by atoms with Crippen LogP contribution in [-0.4, -0.2) is 23.0 Å². The molecule has 0 amide bonds. The van der Waals surface area contributed by atoms with Crippen molar-refractivity contribution in [3.8, 4) is 5.75 Å². The number of pyridine rings is 1. The Morgan fingerprint density at radius 2 is 2.00 bits per heavy atom. The molecule has 7 nitrogen and oxygen atoms in total. The highest BCUT2D eigenvalue weighted by atomic mass is 16.6. The first-order valence-electron chi connectivity index (χ1n) is 6.00. The number of carbonyl (C=O) groups excluding carboxylic acids is 1. The molecule has 0 radical (unpaired) electrons. The average molecular weight is 288 g/mol. The number of nitrogens with zero attached hydrogens (tertiary/aromatic N) is 2. The Bertz CT molecular complexity index is 658. The van der Waals surface area contributed by atoms with Crippen LogP contribution >= 0.6 is 0 Å². The van der Waals surface area contributed by atoms with Gasteiger partial charge < -0.3 is 9.47 Å². The monoisotopic (exact) mass is 288 g/mol. The molecule has 21 heavy (non-hydrogen) atoms. The van der Waals surface area contributed by atoms with E-state index in [-0.39, 0.29) is 23.6 Å². The van der Waals surface area contributed by atoms with E-state index in [1.165, 1.54) is 25.3 Å². The standard InChI is InChI=1S/C14H12N2O5/c1-20-14(17)11-2-3-12(16(18)19)13(8-11)21-9-10-4-6-15-7-5-10/h2-8H,9H2,1H3. The summed E-state index contributed by atoms with van der Waals surface area (Å²) in [4.78, 5) is 25.8. The number of carbonyl (C=O) groups is 1. The second-order valence-electron chi connectivity index (χ2n) is 4.08. The van der Waals surface area contributed by atoms with Crippen molar-refractivity contribution >= 4 is 11.7 Å². The first kappa shape index (κ1) is 14.4. The van der Waals surface area contributed by atoms with Crippen LogP contribution in [0.1, 0.15) is 15.9 Å². The Morgan fingerprint density at radius 3 is 2.62 bits per heavy atom. The van der Waals surface area contributed by atoms with E-state index in [1.54, 1.807) is 24.5 Å². The third-order valence-corrected chi connectivity index (χ3v) is 2.72. The average Bonchev–Trinajstić information content (AvgIpc) is 2.52. The minimum atomic E-state index is -0.585. The number of aromatic nitrogens is 1. The molecule has 108 valence electrons. The number of ether oxygens (including phenoxy) is 2. The largest absolute Gasteiger partial charge is 0.482 e. The van der Waals surface area contributed by atoms with Crippen molar-refractivity contribution in [3.05, 3.63) is 64.0 Å². The van der Waals surface area contributed by atoms with E-state index in [4.69, 9.17) is 4.74 Å². The van der Waals surface area contributed by atoms with Crippen LogP contribution in [0.15, 0.2) is 42.7 Å². The zero-order valence-corrected chi connectivity index (χ0v) is 11.2. The summed E-state index contributed by atoms with van der Waals surface area (Å²) in [6.45, 7) is 0.133. The fourth-order valence-electron chi connectivity index (χ4n) is 1.67. The maximum absolute atomic E-state index is 11.5. The normalized spacial score (nSPS) is 9.95. The molecule has 0 unspecified atom stereocenters. The lowest BCUT2D eigenvalue weighted by atomic mass is 10.2. The van der Waals surface area contributed by atoms with Crippen molar-refractivity contribution in [3.63, 3.8) is 0 Å². The first-order valence-corrected chi connectivity index (χ1v) is 6.00. The predicted molar refractivity (Wildman–Crippen MR) is 73.0 cm³/mol. The van der Waals surface area contributed by atoms with Crippen LogP contribution in [0, 0.1) is 10.1 Å². The Balaban J connectivity index is 2.26. The predicted octanol–water partition coefficient (Wildman–Crippen LogP) is 2.36. The molecule has 0 aliphatic carbocycles. The first-order chi connectivity index (χ1) is 10.1. The number of esters is 1. The molecule has 7 heteroatoms. The molecule has 1 aromatic carbocycles. The van der Waals surface area contributed by atoms with E-state index in [0.29, 0.717) is 0 Å². The molecule has 0 aliphatic heterocycles. The summed E-state index contributed by atoms with van der Waals surface area (Å²) >= 11 is 0. The van der Waals surface area contributed by atoms with Gasteiger partial charge in [0.15, 0.2) is 5.75 Å². The fraction of sp³-hybridized carbons (Fsp3) is 0.143. The van der Waals surface area contributed by atoms with E-state index >= 15 is 0 Å². The molecule has 0 atom stereocenters. The van der Waals surface area contributed by atoms with Crippen molar-refractivity contribution in [2.24, 2.45) is 0 Å². The van der Waals surface area contributed by atoms with Gasteiger partial charge in [-0.15, -0.1) is 0 Å². The lowest BCUT2D eigenvalue weighted by Gasteiger charge is -2.08. The highest BCUT2D eigenvalue weighted by Crippen LogP contribution is 2.29. The lowest BCUT2D eigenvalue weighted by molar-refractivity contribution is -0.385. The number of nitro benzene ring substituents is 1. The van der Waals surface area contributed by atoms with Gasteiger partial charge in [0.05, 0.1) is 17.6 Å². The highest BCUT2D eigenvalue weighted by Gasteiger charge is 2.18. The summed E-state index contributed by atoms with van der Waals surface area (Å²) in [7, 11) is 1.24. The van der Waals surface area contributed by atoms with Gasteiger partial charge in [-0.3, -0.25) is 15.1 Å². The van der Waals surface area contributed by atoms with Crippen LogP contribution in [0.5, 0.6) is 5.75 Å². The zero-order chi connectivity index (χ0) is 15.2. The number of hydrogen-bond donors (Lipinski definition) is 0. The summed E-state index contributed by atoms with van der Waals surface area (Å²) in [6.07, 6.45) is 3.19. The molecular weight excluding hydrogens is 276 g/mol. The third kappa shape index (κ3) is 3.53. The van der Waals surface area contributed by atoms with Gasteiger partial charge >= 0.3 is 11.7 Å². The molecule has 0 N–H and O–H groups in total. The Kier molecular flexibility index (Phi) is 4.45. The SMILES string of the molecule is COC(=O)c1ccc([N+](=O)[O-])c(OCc2ccncc2)c1. The van der Waals surface area contributed by atoms with E-state index in [9.17, 15) is 14.9 Å². The van der Waals surface area contributed by atoms with Crippen molar-refractivity contribution in [2.75, 3.05) is 7.11 Å².